The number of rotatable bonds is 3. The van der Waals surface area contributed by atoms with Crippen molar-refractivity contribution < 1.29 is 0 Å². The molecule has 0 aliphatic heterocycles. The summed E-state index contributed by atoms with van der Waals surface area (Å²) >= 11 is 0. The van der Waals surface area contributed by atoms with Crippen LogP contribution in [0.5, 0.6) is 0 Å². The lowest BCUT2D eigenvalue weighted by molar-refractivity contribution is 0.359. The molecule has 1 nitrogen and oxygen atoms in total. The van der Waals surface area contributed by atoms with Gasteiger partial charge in [-0.2, -0.15) is 0 Å². The maximum absolute atomic E-state index is 3.39. The summed E-state index contributed by atoms with van der Waals surface area (Å²) in [6.45, 7) is 11.1. The first kappa shape index (κ1) is 12.3. The van der Waals surface area contributed by atoms with Crippen LogP contribution in [0.15, 0.2) is 18.2 Å². The summed E-state index contributed by atoms with van der Waals surface area (Å²) in [5, 5.41) is 3.39. The monoisotopic (exact) mass is 205 g/mol. The first-order chi connectivity index (χ1) is 6.88. The first-order valence-corrected chi connectivity index (χ1v) is 5.64. The van der Waals surface area contributed by atoms with Crippen molar-refractivity contribution in [3.05, 3.63) is 34.9 Å². The summed E-state index contributed by atoms with van der Waals surface area (Å²) in [6, 6.07) is 6.70. The van der Waals surface area contributed by atoms with Gasteiger partial charge in [0.05, 0.1) is 0 Å². The van der Waals surface area contributed by atoms with Crippen molar-refractivity contribution in [1.29, 1.82) is 0 Å². The van der Waals surface area contributed by atoms with Crippen molar-refractivity contribution in [1.82, 2.24) is 5.32 Å². The Morgan fingerprint density at radius 3 is 2.33 bits per heavy atom. The quantitative estimate of drug-likeness (QED) is 0.797. The highest BCUT2D eigenvalue weighted by molar-refractivity contribution is 5.34. The highest BCUT2D eigenvalue weighted by Crippen LogP contribution is 2.30. The fourth-order valence-electron chi connectivity index (χ4n) is 1.83. The molecule has 0 bridgehead atoms. The molecule has 1 N–H and O–H groups in total. The van der Waals surface area contributed by atoms with E-state index < -0.39 is 0 Å². The molecule has 0 saturated carbocycles. The Hall–Kier alpha value is -0.820. The lowest BCUT2D eigenvalue weighted by atomic mass is 9.81. The average molecular weight is 205 g/mol. The Labute approximate surface area is 93.9 Å². The summed E-state index contributed by atoms with van der Waals surface area (Å²) < 4.78 is 0. The Balaban J connectivity index is 3.10. The van der Waals surface area contributed by atoms with Gasteiger partial charge in [0.25, 0.3) is 0 Å². The zero-order valence-corrected chi connectivity index (χ0v) is 10.8. The minimum atomic E-state index is 0.137. The van der Waals surface area contributed by atoms with Gasteiger partial charge < -0.3 is 5.32 Å². The maximum Gasteiger partial charge on any atom is 0.0188 e. The molecule has 0 spiro atoms. The smallest absolute Gasteiger partial charge is 0.0188 e. The van der Waals surface area contributed by atoms with Crippen LogP contribution in [0, 0.1) is 13.8 Å². The molecule has 0 saturated heterocycles. The fourth-order valence-corrected chi connectivity index (χ4v) is 1.83. The van der Waals surface area contributed by atoms with Gasteiger partial charge in [-0.25, -0.2) is 0 Å². The molecule has 1 aromatic carbocycles. The molecule has 1 rings (SSSR count). The fraction of sp³-hybridized carbons (Fsp3) is 0.571. The second-order valence-corrected chi connectivity index (χ2v) is 5.05. The molecular weight excluding hydrogens is 182 g/mol. The molecule has 1 unspecified atom stereocenters. The van der Waals surface area contributed by atoms with E-state index in [1.165, 1.54) is 16.7 Å². The predicted octanol–water partition coefficient (Wildman–Crippen LogP) is 3.40. The topological polar surface area (TPSA) is 12.0 Å². The molecule has 1 heteroatoms. The van der Waals surface area contributed by atoms with Crippen LogP contribution < -0.4 is 5.32 Å². The van der Waals surface area contributed by atoms with Crippen LogP contribution in [0.4, 0.5) is 0 Å². The van der Waals surface area contributed by atoms with Crippen molar-refractivity contribution in [2.45, 2.75) is 46.1 Å². The Morgan fingerprint density at radius 1 is 1.20 bits per heavy atom. The number of likely N-dealkylation sites (N-methyl/N-ethyl adjacent to an activating group) is 1. The highest BCUT2D eigenvalue weighted by atomic mass is 14.9. The largest absolute Gasteiger partial charge is 0.314 e. The van der Waals surface area contributed by atoms with Crippen LogP contribution in [0.2, 0.25) is 0 Å². The SMILES string of the molecule is CNC(C)(C)C(C)c1cc(C)ccc1C. The van der Waals surface area contributed by atoms with E-state index in [0.717, 1.165) is 0 Å². The Bertz CT molecular complexity index is 339. The number of benzene rings is 1. The van der Waals surface area contributed by atoms with E-state index in [4.69, 9.17) is 0 Å². The number of aryl methyl sites for hydroxylation is 2. The van der Waals surface area contributed by atoms with Gasteiger partial charge >= 0.3 is 0 Å². The second kappa shape index (κ2) is 4.36. The van der Waals surface area contributed by atoms with Crippen molar-refractivity contribution >= 4 is 0 Å². The molecule has 0 aliphatic rings. The third-order valence-corrected chi connectivity index (χ3v) is 3.63. The van der Waals surface area contributed by atoms with Crippen molar-refractivity contribution in [2.75, 3.05) is 7.05 Å². The number of hydrogen-bond donors (Lipinski definition) is 1. The molecule has 15 heavy (non-hydrogen) atoms. The maximum atomic E-state index is 3.39. The van der Waals surface area contributed by atoms with Crippen molar-refractivity contribution in [3.8, 4) is 0 Å². The average Bonchev–Trinajstić information content (AvgIpc) is 2.20. The molecule has 0 heterocycles. The second-order valence-electron chi connectivity index (χ2n) is 5.05. The highest BCUT2D eigenvalue weighted by Gasteiger charge is 2.25. The minimum Gasteiger partial charge on any atom is -0.314 e. The predicted molar refractivity (Wildman–Crippen MR) is 67.5 cm³/mol. The van der Waals surface area contributed by atoms with Gasteiger partial charge in [0.1, 0.15) is 0 Å². The van der Waals surface area contributed by atoms with Crippen LogP contribution in [-0.2, 0) is 0 Å². The zero-order valence-electron chi connectivity index (χ0n) is 10.8. The summed E-state index contributed by atoms with van der Waals surface area (Å²) in [4.78, 5) is 0. The third kappa shape index (κ3) is 2.60. The lowest BCUT2D eigenvalue weighted by Gasteiger charge is -2.33. The molecule has 0 aromatic heterocycles. The van der Waals surface area contributed by atoms with Gasteiger partial charge in [-0.3, -0.25) is 0 Å². The van der Waals surface area contributed by atoms with Crippen LogP contribution in [0.25, 0.3) is 0 Å². The molecule has 0 aliphatic carbocycles. The standard InChI is InChI=1S/C14H23N/c1-10-7-8-11(2)13(9-10)12(3)14(4,5)15-6/h7-9,12,15H,1-6H3. The Morgan fingerprint density at radius 2 is 1.80 bits per heavy atom. The van der Waals surface area contributed by atoms with Gasteiger partial charge in [-0.1, -0.05) is 30.7 Å². The third-order valence-electron chi connectivity index (χ3n) is 3.63. The van der Waals surface area contributed by atoms with Crippen molar-refractivity contribution in [3.63, 3.8) is 0 Å². The van der Waals surface area contributed by atoms with Crippen LogP contribution in [0.1, 0.15) is 43.4 Å². The summed E-state index contributed by atoms with van der Waals surface area (Å²) in [7, 11) is 2.03. The normalized spacial score (nSPS) is 14.0. The van der Waals surface area contributed by atoms with Crippen LogP contribution in [0.3, 0.4) is 0 Å². The molecule has 0 radical (unpaired) electrons. The van der Waals surface area contributed by atoms with Gasteiger partial charge in [0.15, 0.2) is 0 Å². The van der Waals surface area contributed by atoms with E-state index in [1.807, 2.05) is 7.05 Å². The van der Waals surface area contributed by atoms with E-state index in [0.29, 0.717) is 5.92 Å². The van der Waals surface area contributed by atoms with Crippen LogP contribution >= 0.6 is 0 Å². The van der Waals surface area contributed by atoms with E-state index >= 15 is 0 Å². The van der Waals surface area contributed by atoms with E-state index in [-0.39, 0.29) is 5.54 Å². The molecule has 1 aromatic rings. The summed E-state index contributed by atoms with van der Waals surface area (Å²) in [5.41, 5.74) is 4.32. The van der Waals surface area contributed by atoms with E-state index in [2.05, 4.69) is 58.1 Å². The Kier molecular flexibility index (Phi) is 3.56. The number of hydrogen-bond acceptors (Lipinski definition) is 1. The molecule has 84 valence electrons. The van der Waals surface area contributed by atoms with E-state index in [1.54, 1.807) is 0 Å². The lowest BCUT2D eigenvalue weighted by Crippen LogP contribution is -2.41. The van der Waals surface area contributed by atoms with E-state index in [9.17, 15) is 0 Å². The first-order valence-electron chi connectivity index (χ1n) is 5.64. The molecule has 0 amide bonds. The van der Waals surface area contributed by atoms with Gasteiger partial charge in [-0.05, 0) is 51.8 Å². The van der Waals surface area contributed by atoms with Gasteiger partial charge in [-0.15, -0.1) is 0 Å². The summed E-state index contributed by atoms with van der Waals surface area (Å²) in [6.07, 6.45) is 0. The van der Waals surface area contributed by atoms with Crippen LogP contribution in [-0.4, -0.2) is 12.6 Å². The van der Waals surface area contributed by atoms with Crippen molar-refractivity contribution in [2.24, 2.45) is 0 Å². The van der Waals surface area contributed by atoms with Gasteiger partial charge in [0.2, 0.25) is 0 Å². The summed E-state index contributed by atoms with van der Waals surface area (Å²) in [5.74, 6) is 0.516. The van der Waals surface area contributed by atoms with Gasteiger partial charge in [0, 0.05) is 5.54 Å². The number of nitrogens with one attached hydrogen (secondary N) is 1. The molecular formula is C14H23N. The molecule has 1 atom stereocenters. The minimum absolute atomic E-state index is 0.137. The molecule has 0 fully saturated rings. The zero-order chi connectivity index (χ0) is 11.6.